The van der Waals surface area contributed by atoms with Gasteiger partial charge in [-0.15, -0.1) is 0 Å². The van der Waals surface area contributed by atoms with Crippen molar-refractivity contribution >= 4 is 5.91 Å². The van der Waals surface area contributed by atoms with E-state index in [1.165, 1.54) is 103 Å². The van der Waals surface area contributed by atoms with E-state index in [-0.39, 0.29) is 12.5 Å². The Morgan fingerprint density at radius 3 is 1.70 bits per heavy atom. The third-order valence-corrected chi connectivity index (χ3v) is 9.11. The molecule has 1 aliphatic heterocycles. The number of aliphatic hydroxyl groups excluding tert-OH is 5. The summed E-state index contributed by atoms with van der Waals surface area (Å²) >= 11 is 0. The van der Waals surface area contributed by atoms with Crippen LogP contribution in [0.4, 0.5) is 0 Å². The molecule has 46 heavy (non-hydrogen) atoms. The zero-order valence-electron chi connectivity index (χ0n) is 29.3. The fraction of sp³-hybridized carbons (Fsp3) is 0.919. The van der Waals surface area contributed by atoms with E-state index in [2.05, 4.69) is 19.2 Å². The normalized spacial score (nSPS) is 23.2. The Hall–Kier alpha value is -1.07. The van der Waals surface area contributed by atoms with Gasteiger partial charge in [0.1, 0.15) is 24.4 Å². The van der Waals surface area contributed by atoms with Crippen molar-refractivity contribution in [3.05, 3.63) is 12.2 Å². The monoisotopic (exact) mass is 658 g/mol. The second-order valence-electron chi connectivity index (χ2n) is 13.4. The summed E-state index contributed by atoms with van der Waals surface area (Å²) in [4.78, 5) is 12.8. The molecule has 0 spiro atoms. The molecule has 0 radical (unpaired) electrons. The Bertz CT molecular complexity index is 736. The predicted octanol–water partition coefficient (Wildman–Crippen LogP) is 6.22. The SMILES string of the molecule is CCCCCCCCCCC/C=C/C(O)C(COC1OC(CO)C(O)C(O)C1O)NC(=O)CCCCCCCCCCCCCC. The molecule has 0 aromatic carbocycles. The van der Waals surface area contributed by atoms with Crippen LogP contribution >= 0.6 is 0 Å². The van der Waals surface area contributed by atoms with E-state index in [1.54, 1.807) is 6.08 Å². The summed E-state index contributed by atoms with van der Waals surface area (Å²) in [5.41, 5.74) is 0. The molecular weight excluding hydrogens is 586 g/mol. The highest BCUT2D eigenvalue weighted by Crippen LogP contribution is 2.22. The first kappa shape index (κ1) is 43.0. The molecule has 6 N–H and O–H groups in total. The number of hydrogen-bond donors (Lipinski definition) is 6. The molecule has 1 fully saturated rings. The second-order valence-corrected chi connectivity index (χ2v) is 13.4. The van der Waals surface area contributed by atoms with Crippen LogP contribution in [0.2, 0.25) is 0 Å². The van der Waals surface area contributed by atoms with Gasteiger partial charge in [-0.25, -0.2) is 0 Å². The van der Waals surface area contributed by atoms with Crippen LogP contribution in [0.1, 0.15) is 162 Å². The molecule has 0 saturated carbocycles. The standard InChI is InChI=1S/C37H71NO8/c1-3-5-7-9-11-13-15-17-19-21-23-25-27-33(41)38-30(29-45-37-36(44)35(43)34(42)32(28-39)46-37)31(40)26-24-22-20-18-16-14-12-10-8-6-4-2/h24,26,30-32,34-37,39-40,42-44H,3-23,25,27-29H2,1-2H3,(H,38,41)/b26-24+. The first-order valence-electron chi connectivity index (χ1n) is 18.9. The van der Waals surface area contributed by atoms with Crippen molar-refractivity contribution in [1.29, 1.82) is 0 Å². The molecule has 1 saturated heterocycles. The molecule has 7 atom stereocenters. The fourth-order valence-electron chi connectivity index (χ4n) is 5.98. The van der Waals surface area contributed by atoms with Crippen LogP contribution in [0.5, 0.6) is 0 Å². The van der Waals surface area contributed by atoms with Gasteiger partial charge >= 0.3 is 0 Å². The van der Waals surface area contributed by atoms with Crippen molar-refractivity contribution in [2.75, 3.05) is 13.2 Å². The maximum Gasteiger partial charge on any atom is 0.220 e. The molecule has 9 heteroatoms. The van der Waals surface area contributed by atoms with E-state index in [9.17, 15) is 30.3 Å². The lowest BCUT2D eigenvalue weighted by atomic mass is 9.99. The molecule has 272 valence electrons. The number of amides is 1. The number of hydrogen-bond acceptors (Lipinski definition) is 8. The highest BCUT2D eigenvalue weighted by Gasteiger charge is 2.44. The lowest BCUT2D eigenvalue weighted by Gasteiger charge is -2.40. The van der Waals surface area contributed by atoms with Gasteiger partial charge in [0.15, 0.2) is 6.29 Å². The number of carbonyl (C=O) groups excluding carboxylic acids is 1. The van der Waals surface area contributed by atoms with Gasteiger partial charge in [0.2, 0.25) is 5.91 Å². The minimum atomic E-state index is -1.56. The number of aliphatic hydroxyl groups is 5. The van der Waals surface area contributed by atoms with Gasteiger partial charge in [-0.05, 0) is 19.3 Å². The summed E-state index contributed by atoms with van der Waals surface area (Å²) in [6.45, 7) is 3.73. The van der Waals surface area contributed by atoms with Gasteiger partial charge in [0, 0.05) is 6.42 Å². The number of nitrogens with one attached hydrogen (secondary N) is 1. The molecule has 9 nitrogen and oxygen atoms in total. The van der Waals surface area contributed by atoms with E-state index < -0.39 is 49.5 Å². The smallest absolute Gasteiger partial charge is 0.220 e. The van der Waals surface area contributed by atoms with Crippen LogP contribution < -0.4 is 5.32 Å². The first-order valence-corrected chi connectivity index (χ1v) is 18.9. The molecule has 0 aliphatic carbocycles. The molecule has 7 unspecified atom stereocenters. The van der Waals surface area contributed by atoms with Crippen molar-refractivity contribution in [2.24, 2.45) is 0 Å². The predicted molar refractivity (Wildman–Crippen MR) is 184 cm³/mol. The third-order valence-electron chi connectivity index (χ3n) is 9.11. The van der Waals surface area contributed by atoms with Gasteiger partial charge < -0.3 is 40.3 Å². The van der Waals surface area contributed by atoms with Crippen LogP contribution in [0.3, 0.4) is 0 Å². The minimum absolute atomic E-state index is 0.180. The lowest BCUT2D eigenvalue weighted by Crippen LogP contribution is -2.60. The average Bonchev–Trinajstić information content (AvgIpc) is 3.05. The summed E-state index contributed by atoms with van der Waals surface area (Å²) in [7, 11) is 0. The molecule has 1 heterocycles. The van der Waals surface area contributed by atoms with Crippen LogP contribution in [0.15, 0.2) is 12.2 Å². The molecule has 1 amide bonds. The van der Waals surface area contributed by atoms with Gasteiger partial charge in [0.25, 0.3) is 0 Å². The van der Waals surface area contributed by atoms with Crippen LogP contribution in [0, 0.1) is 0 Å². The highest BCUT2D eigenvalue weighted by atomic mass is 16.7. The Kier molecular flexibility index (Phi) is 27.0. The first-order chi connectivity index (χ1) is 22.3. The number of carbonyl (C=O) groups is 1. The molecule has 1 rings (SSSR count). The van der Waals surface area contributed by atoms with Gasteiger partial charge in [-0.3, -0.25) is 4.79 Å². The number of unbranched alkanes of at least 4 members (excludes halogenated alkanes) is 20. The maximum absolute atomic E-state index is 12.8. The summed E-state index contributed by atoms with van der Waals surface area (Å²) < 4.78 is 11.1. The summed E-state index contributed by atoms with van der Waals surface area (Å²) in [6, 6.07) is -0.795. The van der Waals surface area contributed by atoms with Gasteiger partial charge in [-0.2, -0.15) is 0 Å². The number of ether oxygens (including phenoxy) is 2. The van der Waals surface area contributed by atoms with Crippen molar-refractivity contribution in [1.82, 2.24) is 5.32 Å². The summed E-state index contributed by atoms with van der Waals surface area (Å²) in [5, 5.41) is 53.8. The molecule has 0 aromatic rings. The molecule has 1 aliphatic rings. The Morgan fingerprint density at radius 2 is 1.20 bits per heavy atom. The summed E-state index contributed by atoms with van der Waals surface area (Å²) in [5.74, 6) is -0.180. The van der Waals surface area contributed by atoms with Crippen molar-refractivity contribution < 1.29 is 39.8 Å². The number of allylic oxidation sites excluding steroid dienone is 1. The maximum atomic E-state index is 12.8. The largest absolute Gasteiger partial charge is 0.394 e. The quantitative estimate of drug-likeness (QED) is 0.0394. The van der Waals surface area contributed by atoms with E-state index >= 15 is 0 Å². The molecule has 0 aromatic heterocycles. The van der Waals surface area contributed by atoms with Gasteiger partial charge in [-0.1, -0.05) is 148 Å². The van der Waals surface area contributed by atoms with Crippen molar-refractivity contribution in [3.8, 4) is 0 Å². The Labute approximate surface area is 280 Å². The number of rotatable bonds is 30. The topological polar surface area (TPSA) is 149 Å². The van der Waals surface area contributed by atoms with Crippen LogP contribution in [-0.4, -0.2) is 87.5 Å². The van der Waals surface area contributed by atoms with Crippen molar-refractivity contribution in [3.63, 3.8) is 0 Å². The van der Waals surface area contributed by atoms with E-state index in [0.717, 1.165) is 38.5 Å². The second kappa shape index (κ2) is 28.9. The zero-order valence-corrected chi connectivity index (χ0v) is 29.3. The summed E-state index contributed by atoms with van der Waals surface area (Å²) in [6.07, 6.45) is 22.5. The van der Waals surface area contributed by atoms with E-state index in [0.29, 0.717) is 6.42 Å². The van der Waals surface area contributed by atoms with Gasteiger partial charge in [0.05, 0.1) is 25.4 Å². The highest BCUT2D eigenvalue weighted by molar-refractivity contribution is 5.76. The minimum Gasteiger partial charge on any atom is -0.394 e. The van der Waals surface area contributed by atoms with E-state index in [4.69, 9.17) is 9.47 Å². The third kappa shape index (κ3) is 20.3. The molecular formula is C37H71NO8. The molecule has 0 bridgehead atoms. The lowest BCUT2D eigenvalue weighted by molar-refractivity contribution is -0.302. The average molecular weight is 658 g/mol. The fourth-order valence-corrected chi connectivity index (χ4v) is 5.98. The van der Waals surface area contributed by atoms with Crippen LogP contribution in [-0.2, 0) is 14.3 Å². The van der Waals surface area contributed by atoms with E-state index in [1.807, 2.05) is 6.08 Å². The Balaban J connectivity index is 2.47. The zero-order chi connectivity index (χ0) is 33.8. The van der Waals surface area contributed by atoms with Crippen molar-refractivity contribution in [2.45, 2.75) is 204 Å². The Morgan fingerprint density at radius 1 is 0.717 bits per heavy atom. The van der Waals surface area contributed by atoms with Crippen LogP contribution in [0.25, 0.3) is 0 Å².